The first-order valence-corrected chi connectivity index (χ1v) is 2.71. The monoisotopic (exact) mass is 213 g/mol. The van der Waals surface area contributed by atoms with Crippen LogP contribution in [0.1, 0.15) is 0 Å². The molecule has 0 saturated heterocycles. The first kappa shape index (κ1) is 14.5. The third-order valence-electron chi connectivity index (χ3n) is 1.20. The fraction of sp³-hybridized carbons (Fsp3) is 0. The van der Waals surface area contributed by atoms with Gasteiger partial charge in [-0.25, -0.2) is 0 Å². The Kier molecular flexibility index (Phi) is 7.82. The van der Waals surface area contributed by atoms with Gasteiger partial charge in [0.1, 0.15) is 6.33 Å². The van der Waals surface area contributed by atoms with Gasteiger partial charge in [-0.15, -0.1) is 10.2 Å². The van der Waals surface area contributed by atoms with Gasteiger partial charge in [0.15, 0.2) is 5.65 Å². The second-order valence-electron chi connectivity index (χ2n) is 1.80. The minimum Gasteiger partial charge on any atom is -1.00 e. The number of aromatic nitrogens is 3. The van der Waals surface area contributed by atoms with Crippen molar-refractivity contribution in [2.24, 2.45) is 0 Å². The quantitative estimate of drug-likeness (QED) is 0.409. The predicted octanol–water partition coefficient (Wildman–Crippen LogP) is -5.64. The molecule has 6 heteroatoms. The largest absolute Gasteiger partial charge is 2.00 e. The van der Waals surface area contributed by atoms with E-state index in [0.717, 1.165) is 5.65 Å². The third-order valence-corrected chi connectivity index (χ3v) is 1.20. The molecule has 0 unspecified atom stereocenters. The van der Waals surface area contributed by atoms with Crippen LogP contribution >= 0.6 is 0 Å². The van der Waals surface area contributed by atoms with Crippen LogP contribution in [0, 0.1) is 0 Å². The Morgan fingerprint density at radius 2 is 1.92 bits per heavy atom. The molecule has 0 bridgehead atoms. The van der Waals surface area contributed by atoms with Crippen LogP contribution in [0.3, 0.4) is 0 Å². The summed E-state index contributed by atoms with van der Waals surface area (Å²) in [6, 6.07) is 5.79. The zero-order valence-corrected chi connectivity index (χ0v) is 9.12. The Morgan fingerprint density at radius 3 is 2.58 bits per heavy atom. The van der Waals surface area contributed by atoms with E-state index in [2.05, 4.69) is 10.2 Å². The summed E-state index contributed by atoms with van der Waals surface area (Å²) < 4.78 is 1.86. The molecule has 2 aromatic heterocycles. The van der Waals surface area contributed by atoms with E-state index in [1.165, 1.54) is 0 Å². The van der Waals surface area contributed by atoms with Gasteiger partial charge in [0.25, 0.3) is 0 Å². The van der Waals surface area contributed by atoms with Gasteiger partial charge < -0.3 is 24.8 Å². The second kappa shape index (κ2) is 6.48. The molecule has 2 aromatic rings. The van der Waals surface area contributed by atoms with Gasteiger partial charge in [0.05, 0.1) is 0 Å². The van der Waals surface area contributed by atoms with Crippen molar-refractivity contribution in [3.05, 3.63) is 30.7 Å². The molecule has 60 valence electrons. The Hall–Kier alpha value is -0.0338. The van der Waals surface area contributed by atoms with Gasteiger partial charge in [-0.1, -0.05) is 6.07 Å². The first-order valence-electron chi connectivity index (χ1n) is 2.71. The molecule has 0 aromatic carbocycles. The van der Waals surface area contributed by atoms with E-state index in [1.807, 2.05) is 28.8 Å². The van der Waals surface area contributed by atoms with Crippen LogP contribution in [0.4, 0.5) is 0 Å². The molecule has 0 saturated carbocycles. The number of halogens is 2. The van der Waals surface area contributed by atoms with Crippen LogP contribution in [0.15, 0.2) is 30.7 Å². The van der Waals surface area contributed by atoms with Crippen LogP contribution in [0.25, 0.3) is 5.65 Å². The second-order valence-corrected chi connectivity index (χ2v) is 1.80. The SMILES string of the molecule is [Cl-].[Cl-].[Mg+2].c1ccn2cnnc2c1. The molecule has 0 amide bonds. The number of fused-ring (bicyclic) bond motifs is 1. The average Bonchev–Trinajstić information content (AvgIpc) is 2.33. The van der Waals surface area contributed by atoms with Crippen molar-refractivity contribution in [2.45, 2.75) is 0 Å². The molecular formula is C6H5Cl2MgN3. The summed E-state index contributed by atoms with van der Waals surface area (Å²) in [7, 11) is 0. The van der Waals surface area contributed by atoms with E-state index in [4.69, 9.17) is 0 Å². The molecule has 2 heterocycles. The van der Waals surface area contributed by atoms with E-state index in [1.54, 1.807) is 6.33 Å². The van der Waals surface area contributed by atoms with Crippen LogP contribution in [-0.4, -0.2) is 37.7 Å². The van der Waals surface area contributed by atoms with Gasteiger partial charge >= 0.3 is 23.1 Å². The molecule has 0 radical (unpaired) electrons. The number of nitrogens with zero attached hydrogens (tertiary/aromatic N) is 3. The van der Waals surface area contributed by atoms with Crippen molar-refractivity contribution in [3.63, 3.8) is 0 Å². The predicted molar refractivity (Wildman–Crippen MR) is 38.7 cm³/mol. The van der Waals surface area contributed by atoms with Crippen LogP contribution in [0.5, 0.6) is 0 Å². The molecule has 0 aliphatic heterocycles. The molecule has 0 spiro atoms. The minimum atomic E-state index is 0. The van der Waals surface area contributed by atoms with E-state index >= 15 is 0 Å². The zero-order valence-electron chi connectivity index (χ0n) is 6.19. The van der Waals surface area contributed by atoms with Gasteiger partial charge in [-0.05, 0) is 12.1 Å². The van der Waals surface area contributed by atoms with Crippen molar-refractivity contribution in [3.8, 4) is 0 Å². The summed E-state index contributed by atoms with van der Waals surface area (Å²) in [5.41, 5.74) is 0.887. The van der Waals surface area contributed by atoms with Crippen molar-refractivity contribution in [1.82, 2.24) is 14.6 Å². The maximum Gasteiger partial charge on any atom is 2.00 e. The van der Waals surface area contributed by atoms with Gasteiger partial charge in [0.2, 0.25) is 0 Å². The van der Waals surface area contributed by atoms with Crippen LogP contribution in [-0.2, 0) is 0 Å². The van der Waals surface area contributed by atoms with E-state index in [0.29, 0.717) is 0 Å². The van der Waals surface area contributed by atoms with Gasteiger partial charge in [-0.3, -0.25) is 4.40 Å². The summed E-state index contributed by atoms with van der Waals surface area (Å²) in [4.78, 5) is 0. The minimum absolute atomic E-state index is 0. The number of rotatable bonds is 0. The molecular weight excluding hydrogens is 209 g/mol. The smallest absolute Gasteiger partial charge is 1.00 e. The molecule has 12 heavy (non-hydrogen) atoms. The van der Waals surface area contributed by atoms with E-state index in [-0.39, 0.29) is 47.9 Å². The third kappa shape index (κ3) is 2.78. The standard InChI is InChI=1S/C6H5N3.2ClH.Mg/c1-2-4-9-5-7-8-6(9)3-1;;;/h1-5H;2*1H;/q;;;+2/p-2. The maximum atomic E-state index is 3.83. The molecule has 2 rings (SSSR count). The summed E-state index contributed by atoms with van der Waals surface area (Å²) in [6.45, 7) is 0. The first-order chi connectivity index (χ1) is 4.47. The van der Waals surface area contributed by atoms with E-state index < -0.39 is 0 Å². The van der Waals surface area contributed by atoms with Gasteiger partial charge in [-0.2, -0.15) is 0 Å². The maximum absolute atomic E-state index is 3.83. The molecule has 3 nitrogen and oxygen atoms in total. The number of hydrogen-bond donors (Lipinski definition) is 0. The summed E-state index contributed by atoms with van der Waals surface area (Å²) in [6.07, 6.45) is 3.59. The molecule has 0 atom stereocenters. The Labute approximate surface area is 98.5 Å². The van der Waals surface area contributed by atoms with Crippen molar-refractivity contribution < 1.29 is 24.8 Å². The van der Waals surface area contributed by atoms with Crippen molar-refractivity contribution in [1.29, 1.82) is 0 Å². The van der Waals surface area contributed by atoms with Crippen LogP contribution < -0.4 is 24.8 Å². The molecule has 0 aliphatic carbocycles. The van der Waals surface area contributed by atoms with Crippen molar-refractivity contribution >= 4 is 28.7 Å². The van der Waals surface area contributed by atoms with Gasteiger partial charge in [0, 0.05) is 6.20 Å². The number of pyridine rings is 1. The molecule has 0 N–H and O–H groups in total. The Bertz CT molecular complexity index is 295. The summed E-state index contributed by atoms with van der Waals surface area (Å²) >= 11 is 0. The topological polar surface area (TPSA) is 30.2 Å². The molecule has 0 fully saturated rings. The summed E-state index contributed by atoms with van der Waals surface area (Å²) in [5, 5.41) is 7.55. The average molecular weight is 214 g/mol. The van der Waals surface area contributed by atoms with Crippen LogP contribution in [0.2, 0.25) is 0 Å². The van der Waals surface area contributed by atoms with E-state index in [9.17, 15) is 0 Å². The number of hydrogen-bond acceptors (Lipinski definition) is 2. The molecule has 0 aliphatic rings. The Morgan fingerprint density at radius 1 is 1.17 bits per heavy atom. The fourth-order valence-electron chi connectivity index (χ4n) is 0.770. The zero-order chi connectivity index (χ0) is 6.10. The fourth-order valence-corrected chi connectivity index (χ4v) is 0.770. The Balaban J connectivity index is 0. The van der Waals surface area contributed by atoms with Crippen molar-refractivity contribution in [2.75, 3.05) is 0 Å². The summed E-state index contributed by atoms with van der Waals surface area (Å²) in [5.74, 6) is 0. The normalized spacial score (nSPS) is 7.67.